The molecule has 2 aliphatic rings. The number of non-ortho nitro benzene ring substituents is 2. The molecule has 8 heteroatoms. The molecule has 2 atom stereocenters. The molecular formula is C20H18N4O4. The van der Waals surface area contributed by atoms with Gasteiger partial charge < -0.3 is 5.43 Å². The molecule has 1 heterocycles. The number of nitro groups is 2. The van der Waals surface area contributed by atoms with Gasteiger partial charge in [0.25, 0.3) is 11.4 Å². The number of nitrogens with zero attached hydrogens (tertiary/aromatic N) is 3. The number of hydrogen-bond donors (Lipinski definition) is 1. The molecular weight excluding hydrogens is 360 g/mol. The van der Waals surface area contributed by atoms with Gasteiger partial charge in [0.1, 0.15) is 0 Å². The third-order valence-corrected chi connectivity index (χ3v) is 5.28. The molecule has 0 unspecified atom stereocenters. The van der Waals surface area contributed by atoms with Crippen LogP contribution in [0.2, 0.25) is 0 Å². The molecule has 1 aliphatic heterocycles. The van der Waals surface area contributed by atoms with Gasteiger partial charge >= 0.3 is 0 Å². The second-order valence-corrected chi connectivity index (χ2v) is 6.97. The smallest absolute Gasteiger partial charge is 0.269 e. The van der Waals surface area contributed by atoms with Crippen LogP contribution < -0.4 is 5.43 Å². The summed E-state index contributed by atoms with van der Waals surface area (Å²) in [6.07, 6.45) is 4.95. The summed E-state index contributed by atoms with van der Waals surface area (Å²) in [5.41, 5.74) is 7.35. The van der Waals surface area contributed by atoms with Gasteiger partial charge in [-0.25, -0.2) is 0 Å². The number of nitrogens with one attached hydrogen (secondary N) is 1. The summed E-state index contributed by atoms with van der Waals surface area (Å²) in [6.45, 7) is 0. The zero-order valence-corrected chi connectivity index (χ0v) is 14.9. The van der Waals surface area contributed by atoms with E-state index in [2.05, 4.69) is 10.5 Å². The Morgan fingerprint density at radius 1 is 0.964 bits per heavy atom. The van der Waals surface area contributed by atoms with Crippen LogP contribution in [0.25, 0.3) is 6.08 Å². The molecule has 0 aromatic heterocycles. The summed E-state index contributed by atoms with van der Waals surface area (Å²) >= 11 is 0. The predicted molar refractivity (Wildman–Crippen MR) is 105 cm³/mol. The van der Waals surface area contributed by atoms with Crippen molar-refractivity contribution in [3.05, 3.63) is 85.5 Å². The van der Waals surface area contributed by atoms with Crippen LogP contribution in [-0.2, 0) is 0 Å². The summed E-state index contributed by atoms with van der Waals surface area (Å²) in [7, 11) is 0. The van der Waals surface area contributed by atoms with Gasteiger partial charge in [0.15, 0.2) is 0 Å². The number of benzene rings is 2. The van der Waals surface area contributed by atoms with Crippen LogP contribution >= 0.6 is 0 Å². The fourth-order valence-electron chi connectivity index (χ4n) is 3.87. The van der Waals surface area contributed by atoms with Crippen LogP contribution in [-0.4, -0.2) is 15.6 Å². The van der Waals surface area contributed by atoms with E-state index in [9.17, 15) is 20.2 Å². The quantitative estimate of drug-likeness (QED) is 0.627. The van der Waals surface area contributed by atoms with Crippen LogP contribution in [0.1, 0.15) is 36.4 Å². The second kappa shape index (κ2) is 7.22. The van der Waals surface area contributed by atoms with E-state index in [0.29, 0.717) is 0 Å². The number of nitro benzene ring substituents is 2. The summed E-state index contributed by atoms with van der Waals surface area (Å²) in [6, 6.07) is 13.1. The normalized spacial score (nSPS) is 22.3. The number of allylic oxidation sites excluding steroid dienone is 1. The SMILES string of the molecule is O=[N+]([O-])c1ccc(/C=C2\CCC[C@@H]3C2=NN[C@H]3c2ccc([N+](=O)[O-])cc2)cc1. The van der Waals surface area contributed by atoms with Crippen molar-refractivity contribution in [2.24, 2.45) is 11.0 Å². The molecule has 1 aliphatic carbocycles. The van der Waals surface area contributed by atoms with Crippen molar-refractivity contribution in [1.82, 2.24) is 5.43 Å². The van der Waals surface area contributed by atoms with Crippen molar-refractivity contribution in [3.63, 3.8) is 0 Å². The van der Waals surface area contributed by atoms with E-state index < -0.39 is 9.85 Å². The maximum absolute atomic E-state index is 10.9. The van der Waals surface area contributed by atoms with Crippen LogP contribution in [0, 0.1) is 26.1 Å². The molecule has 142 valence electrons. The van der Waals surface area contributed by atoms with Crippen molar-refractivity contribution in [1.29, 1.82) is 0 Å². The average molecular weight is 378 g/mol. The molecule has 0 bridgehead atoms. The number of rotatable bonds is 4. The first kappa shape index (κ1) is 17.8. The molecule has 2 aromatic rings. The zero-order chi connectivity index (χ0) is 19.7. The minimum absolute atomic E-state index is 0.00337. The Morgan fingerprint density at radius 3 is 2.18 bits per heavy atom. The summed E-state index contributed by atoms with van der Waals surface area (Å²) in [5.74, 6) is 0.208. The van der Waals surface area contributed by atoms with E-state index >= 15 is 0 Å². The van der Waals surface area contributed by atoms with Gasteiger partial charge in [-0.05, 0) is 54.2 Å². The lowest BCUT2D eigenvalue weighted by molar-refractivity contribution is -0.385. The predicted octanol–water partition coefficient (Wildman–Crippen LogP) is 4.39. The molecule has 1 fully saturated rings. The van der Waals surface area contributed by atoms with Crippen LogP contribution in [0.5, 0.6) is 0 Å². The van der Waals surface area contributed by atoms with Crippen molar-refractivity contribution >= 4 is 23.2 Å². The van der Waals surface area contributed by atoms with Gasteiger partial charge in [0.2, 0.25) is 0 Å². The highest BCUT2D eigenvalue weighted by Crippen LogP contribution is 2.39. The first-order valence-electron chi connectivity index (χ1n) is 9.06. The van der Waals surface area contributed by atoms with E-state index in [1.165, 1.54) is 24.3 Å². The third kappa shape index (κ3) is 3.36. The Hall–Kier alpha value is -3.55. The van der Waals surface area contributed by atoms with Gasteiger partial charge in [0, 0.05) is 30.2 Å². The lowest BCUT2D eigenvalue weighted by Crippen LogP contribution is -2.25. The zero-order valence-electron chi connectivity index (χ0n) is 14.9. The lowest BCUT2D eigenvalue weighted by atomic mass is 9.78. The van der Waals surface area contributed by atoms with E-state index in [4.69, 9.17) is 0 Å². The van der Waals surface area contributed by atoms with Crippen LogP contribution in [0.3, 0.4) is 0 Å². The van der Waals surface area contributed by atoms with Gasteiger partial charge in [-0.15, -0.1) is 0 Å². The Bertz CT molecular complexity index is 980. The summed E-state index contributed by atoms with van der Waals surface area (Å²) in [4.78, 5) is 20.9. The Kier molecular flexibility index (Phi) is 4.60. The molecule has 1 saturated carbocycles. The molecule has 0 saturated heterocycles. The molecule has 0 amide bonds. The third-order valence-electron chi connectivity index (χ3n) is 5.28. The van der Waals surface area contributed by atoms with E-state index in [-0.39, 0.29) is 23.3 Å². The Labute approximate surface area is 160 Å². The van der Waals surface area contributed by atoms with E-state index in [1.54, 1.807) is 24.3 Å². The van der Waals surface area contributed by atoms with Gasteiger partial charge in [0.05, 0.1) is 21.6 Å². The molecule has 2 aromatic carbocycles. The van der Waals surface area contributed by atoms with Crippen molar-refractivity contribution in [3.8, 4) is 0 Å². The molecule has 1 N–H and O–H groups in total. The Morgan fingerprint density at radius 2 is 1.57 bits per heavy atom. The van der Waals surface area contributed by atoms with Crippen LogP contribution in [0.4, 0.5) is 11.4 Å². The average Bonchev–Trinajstić information content (AvgIpc) is 3.13. The maximum atomic E-state index is 10.9. The number of hydrazone groups is 1. The number of hydrogen-bond acceptors (Lipinski definition) is 6. The van der Waals surface area contributed by atoms with Gasteiger partial charge in [-0.1, -0.05) is 12.1 Å². The van der Waals surface area contributed by atoms with E-state index in [0.717, 1.165) is 41.7 Å². The summed E-state index contributed by atoms with van der Waals surface area (Å²) < 4.78 is 0. The molecule has 8 nitrogen and oxygen atoms in total. The van der Waals surface area contributed by atoms with Crippen LogP contribution in [0.15, 0.2) is 59.2 Å². The molecule has 28 heavy (non-hydrogen) atoms. The van der Waals surface area contributed by atoms with Crippen molar-refractivity contribution in [2.45, 2.75) is 25.3 Å². The largest absolute Gasteiger partial charge is 0.302 e. The number of fused-ring (bicyclic) bond motifs is 1. The fourth-order valence-corrected chi connectivity index (χ4v) is 3.87. The van der Waals surface area contributed by atoms with E-state index in [1.807, 2.05) is 6.08 Å². The standard InChI is InChI=1S/C20H18N4O4/c25-23(26)16-8-4-13(5-9-16)12-15-2-1-3-18-19(21-22-20(15)18)14-6-10-17(11-7-14)24(27)28/h4-12,18-19,21H,1-3H2/b15-12+/t18-,19-/m0/s1. The molecule has 4 rings (SSSR count). The van der Waals surface area contributed by atoms with Crippen molar-refractivity contribution < 1.29 is 9.85 Å². The topological polar surface area (TPSA) is 111 Å². The lowest BCUT2D eigenvalue weighted by Gasteiger charge is -2.26. The Balaban J connectivity index is 1.56. The maximum Gasteiger partial charge on any atom is 0.269 e. The van der Waals surface area contributed by atoms with Crippen molar-refractivity contribution in [2.75, 3.05) is 0 Å². The second-order valence-electron chi connectivity index (χ2n) is 6.97. The first-order chi connectivity index (χ1) is 13.5. The minimum Gasteiger partial charge on any atom is -0.302 e. The first-order valence-corrected chi connectivity index (χ1v) is 9.06. The van der Waals surface area contributed by atoms with Gasteiger partial charge in [-0.3, -0.25) is 20.2 Å². The minimum atomic E-state index is -0.409. The highest BCUT2D eigenvalue weighted by Gasteiger charge is 2.36. The highest BCUT2D eigenvalue weighted by atomic mass is 16.6. The highest BCUT2D eigenvalue weighted by molar-refractivity contribution is 6.07. The molecule has 0 spiro atoms. The molecule has 0 radical (unpaired) electrons. The monoisotopic (exact) mass is 378 g/mol. The fraction of sp³-hybridized carbons (Fsp3) is 0.250. The van der Waals surface area contributed by atoms with Gasteiger partial charge in [-0.2, -0.15) is 5.10 Å². The summed E-state index contributed by atoms with van der Waals surface area (Å²) in [5, 5.41) is 26.2.